The Morgan fingerprint density at radius 2 is 2.04 bits per heavy atom. The van der Waals surface area contributed by atoms with Gasteiger partial charge in [0.1, 0.15) is 0 Å². The number of hydrogen-bond acceptors (Lipinski definition) is 4. The van der Waals surface area contributed by atoms with E-state index in [4.69, 9.17) is 4.74 Å². The zero-order valence-corrected chi connectivity index (χ0v) is 16.0. The number of benzene rings is 1. The summed E-state index contributed by atoms with van der Waals surface area (Å²) in [4.78, 5) is 2.59. The van der Waals surface area contributed by atoms with E-state index in [1.165, 1.54) is 18.4 Å². The average Bonchev–Trinajstić information content (AvgIpc) is 3.42. The number of aliphatic hydroxyl groups is 1. The van der Waals surface area contributed by atoms with Crippen LogP contribution in [0.15, 0.2) is 12.1 Å². The molecule has 3 aliphatic carbocycles. The van der Waals surface area contributed by atoms with Gasteiger partial charge in [-0.05, 0) is 75.0 Å². The van der Waals surface area contributed by atoms with Gasteiger partial charge in [0, 0.05) is 23.6 Å². The highest BCUT2D eigenvalue weighted by Gasteiger charge is 2.65. The third kappa shape index (κ3) is 2.15. The van der Waals surface area contributed by atoms with Gasteiger partial charge in [-0.25, -0.2) is 0 Å². The van der Waals surface area contributed by atoms with Crippen LogP contribution < -0.4 is 4.74 Å². The van der Waals surface area contributed by atoms with E-state index in [1.54, 1.807) is 13.2 Å². The van der Waals surface area contributed by atoms with Crippen molar-refractivity contribution in [2.45, 2.75) is 68.9 Å². The molecule has 5 rings (SSSR count). The molecule has 3 fully saturated rings. The summed E-state index contributed by atoms with van der Waals surface area (Å²) in [6, 6.07) is 4.04. The minimum absolute atomic E-state index is 0.200. The number of nitrogens with zero attached hydrogens (tertiary/aromatic N) is 1. The summed E-state index contributed by atoms with van der Waals surface area (Å²) < 4.78 is 5.69. The summed E-state index contributed by atoms with van der Waals surface area (Å²) >= 11 is 0. The van der Waals surface area contributed by atoms with Crippen LogP contribution in [0.2, 0.25) is 0 Å². The minimum atomic E-state index is -0.708. The first-order chi connectivity index (χ1) is 12.5. The lowest BCUT2D eigenvalue weighted by molar-refractivity contribution is -0.174. The van der Waals surface area contributed by atoms with Gasteiger partial charge in [-0.2, -0.15) is 0 Å². The third-order valence-corrected chi connectivity index (χ3v) is 7.87. The molecule has 1 aromatic rings. The van der Waals surface area contributed by atoms with Crippen LogP contribution >= 0.6 is 0 Å². The number of hydrogen-bond donors (Lipinski definition) is 2. The maximum Gasteiger partial charge on any atom is 0.164 e. The van der Waals surface area contributed by atoms with Gasteiger partial charge in [0.2, 0.25) is 0 Å². The molecule has 4 atom stereocenters. The molecule has 2 bridgehead atoms. The van der Waals surface area contributed by atoms with Gasteiger partial charge in [-0.3, -0.25) is 4.90 Å². The van der Waals surface area contributed by atoms with Crippen molar-refractivity contribution in [3.8, 4) is 11.5 Å². The van der Waals surface area contributed by atoms with Crippen molar-refractivity contribution in [2.24, 2.45) is 11.8 Å². The molecule has 0 amide bonds. The first kappa shape index (κ1) is 16.9. The van der Waals surface area contributed by atoms with Gasteiger partial charge in [0.25, 0.3) is 0 Å². The summed E-state index contributed by atoms with van der Waals surface area (Å²) in [6.45, 7) is 4.50. The Hall–Kier alpha value is -1.26. The van der Waals surface area contributed by atoms with Gasteiger partial charge >= 0.3 is 0 Å². The first-order valence-electron chi connectivity index (χ1n) is 10.3. The van der Waals surface area contributed by atoms with Crippen LogP contribution in [0.1, 0.15) is 56.6 Å². The minimum Gasteiger partial charge on any atom is -0.504 e. The molecule has 1 heterocycles. The molecule has 26 heavy (non-hydrogen) atoms. The van der Waals surface area contributed by atoms with E-state index in [1.807, 2.05) is 0 Å². The fraction of sp³-hybridized carbons (Fsp3) is 0.727. The van der Waals surface area contributed by atoms with Gasteiger partial charge in [0.15, 0.2) is 11.5 Å². The molecule has 0 radical (unpaired) electrons. The van der Waals surface area contributed by atoms with E-state index in [-0.39, 0.29) is 17.2 Å². The van der Waals surface area contributed by atoms with Crippen LogP contribution in [0.3, 0.4) is 0 Å². The number of piperidine rings is 1. The predicted molar refractivity (Wildman–Crippen MR) is 101 cm³/mol. The van der Waals surface area contributed by atoms with E-state index < -0.39 is 5.60 Å². The third-order valence-electron chi connectivity index (χ3n) is 7.87. The number of phenols is 1. The van der Waals surface area contributed by atoms with Crippen molar-refractivity contribution < 1.29 is 14.9 Å². The van der Waals surface area contributed by atoms with E-state index in [9.17, 15) is 10.2 Å². The molecule has 1 aromatic carbocycles. The Bertz CT molecular complexity index is 730. The van der Waals surface area contributed by atoms with Crippen molar-refractivity contribution in [3.05, 3.63) is 23.3 Å². The monoisotopic (exact) mass is 357 g/mol. The highest BCUT2D eigenvalue weighted by molar-refractivity contribution is 5.58. The molecule has 4 unspecified atom stereocenters. The Morgan fingerprint density at radius 1 is 1.23 bits per heavy atom. The van der Waals surface area contributed by atoms with Crippen molar-refractivity contribution in [1.82, 2.24) is 4.90 Å². The molecular weight excluding hydrogens is 326 g/mol. The fourth-order valence-electron chi connectivity index (χ4n) is 6.49. The predicted octanol–water partition coefficient (Wildman–Crippen LogP) is 3.23. The molecule has 2 saturated carbocycles. The number of ether oxygens (including phenoxy) is 1. The second-order valence-electron chi connectivity index (χ2n) is 9.41. The van der Waals surface area contributed by atoms with Crippen LogP contribution in [0.5, 0.6) is 11.5 Å². The van der Waals surface area contributed by atoms with Crippen LogP contribution in [0, 0.1) is 11.8 Å². The number of fused-ring (bicyclic) bond motifs is 1. The van der Waals surface area contributed by atoms with E-state index >= 15 is 0 Å². The van der Waals surface area contributed by atoms with Gasteiger partial charge in [-0.15, -0.1) is 0 Å². The zero-order chi connectivity index (χ0) is 18.1. The summed E-state index contributed by atoms with van der Waals surface area (Å²) in [5.41, 5.74) is 1.38. The quantitative estimate of drug-likeness (QED) is 0.872. The second-order valence-corrected chi connectivity index (χ2v) is 9.41. The molecule has 0 spiro atoms. The highest BCUT2D eigenvalue weighted by atomic mass is 16.5. The number of phenolic OH excluding ortho intramolecular Hbond substituents is 1. The summed E-state index contributed by atoms with van der Waals surface area (Å²) in [7, 11) is 1.64. The van der Waals surface area contributed by atoms with Crippen molar-refractivity contribution in [1.29, 1.82) is 0 Å². The first-order valence-corrected chi connectivity index (χ1v) is 10.3. The Balaban J connectivity index is 1.68. The lowest BCUT2D eigenvalue weighted by Crippen LogP contribution is -2.73. The van der Waals surface area contributed by atoms with Crippen LogP contribution in [0.25, 0.3) is 0 Å². The lowest BCUT2D eigenvalue weighted by Gasteiger charge is -2.64. The van der Waals surface area contributed by atoms with Crippen LogP contribution in [-0.2, 0) is 11.8 Å². The molecule has 4 aliphatic rings. The van der Waals surface area contributed by atoms with Crippen molar-refractivity contribution in [3.63, 3.8) is 0 Å². The summed E-state index contributed by atoms with van der Waals surface area (Å²) in [5.74, 6) is 2.23. The Morgan fingerprint density at radius 3 is 2.77 bits per heavy atom. The Labute approximate surface area is 156 Å². The molecule has 4 nitrogen and oxygen atoms in total. The molecular formula is C22H31NO3. The molecule has 1 saturated heterocycles. The maximum atomic E-state index is 12.2. The maximum absolute atomic E-state index is 12.2. The summed E-state index contributed by atoms with van der Waals surface area (Å²) in [6.07, 6.45) is 7.46. The SMILES string of the molecule is COc1c(O)ccc2c1C13CCN(CC4CC4)C(C2)C1(O)CCC(C)C3. The molecule has 142 valence electrons. The largest absolute Gasteiger partial charge is 0.504 e. The highest BCUT2D eigenvalue weighted by Crippen LogP contribution is 2.62. The van der Waals surface area contributed by atoms with E-state index in [2.05, 4.69) is 17.9 Å². The van der Waals surface area contributed by atoms with Crippen molar-refractivity contribution >= 4 is 0 Å². The molecule has 4 heteroatoms. The van der Waals surface area contributed by atoms with Crippen LogP contribution in [0.4, 0.5) is 0 Å². The van der Waals surface area contributed by atoms with E-state index in [0.29, 0.717) is 11.7 Å². The molecule has 0 aromatic heterocycles. The normalized spacial score (nSPS) is 39.2. The summed E-state index contributed by atoms with van der Waals surface area (Å²) in [5, 5.41) is 22.6. The molecule has 2 N–H and O–H groups in total. The number of methoxy groups -OCH3 is 1. The van der Waals surface area contributed by atoms with Gasteiger partial charge < -0.3 is 14.9 Å². The number of likely N-dealkylation sites (tertiary alicyclic amines) is 1. The van der Waals surface area contributed by atoms with Gasteiger partial charge in [0.05, 0.1) is 12.7 Å². The van der Waals surface area contributed by atoms with Crippen molar-refractivity contribution in [2.75, 3.05) is 20.2 Å². The standard InChI is InChI=1S/C22H31NO3/c1-14-7-8-22(25)18-11-16-5-6-17(24)20(26-2)19(16)21(22,12-14)9-10-23(18)13-15-3-4-15/h5-6,14-15,18,24-25H,3-4,7-13H2,1-2H3. The zero-order valence-electron chi connectivity index (χ0n) is 16.0. The number of rotatable bonds is 3. The average molecular weight is 357 g/mol. The Kier molecular flexibility index (Phi) is 3.65. The van der Waals surface area contributed by atoms with Crippen LogP contribution in [-0.4, -0.2) is 47.0 Å². The smallest absolute Gasteiger partial charge is 0.164 e. The lowest BCUT2D eigenvalue weighted by atomic mass is 9.48. The number of aromatic hydroxyl groups is 1. The molecule has 1 aliphatic heterocycles. The van der Waals surface area contributed by atoms with E-state index in [0.717, 1.165) is 56.7 Å². The second kappa shape index (κ2) is 5.62. The topological polar surface area (TPSA) is 52.9 Å². The van der Waals surface area contributed by atoms with Gasteiger partial charge in [-0.1, -0.05) is 13.0 Å². The fourth-order valence-corrected chi connectivity index (χ4v) is 6.49.